The van der Waals surface area contributed by atoms with Crippen molar-refractivity contribution in [2.75, 3.05) is 12.0 Å². The first-order valence-electron chi connectivity index (χ1n) is 8.22. The molecule has 1 heterocycles. The molecule has 0 radical (unpaired) electrons. The van der Waals surface area contributed by atoms with Crippen molar-refractivity contribution in [2.24, 2.45) is 0 Å². The number of carbonyl (C=O) groups is 1. The molecule has 2 aromatic rings. The van der Waals surface area contributed by atoms with Crippen LogP contribution in [0.2, 0.25) is 0 Å². The van der Waals surface area contributed by atoms with E-state index in [9.17, 15) is 14.9 Å². The van der Waals surface area contributed by atoms with Crippen molar-refractivity contribution in [3.63, 3.8) is 0 Å². The molecule has 0 aromatic heterocycles. The molecule has 0 saturated carbocycles. The zero-order valence-corrected chi connectivity index (χ0v) is 14.3. The largest absolute Gasteiger partial charge is 0.496 e. The summed E-state index contributed by atoms with van der Waals surface area (Å²) in [6.07, 6.45) is 1.59. The van der Waals surface area contributed by atoms with Crippen LogP contribution in [0.1, 0.15) is 24.5 Å². The molecule has 130 valence electrons. The number of fused-ring (bicyclic) bond motifs is 1. The highest BCUT2D eigenvalue weighted by Gasteiger charge is 2.31. The van der Waals surface area contributed by atoms with Gasteiger partial charge in [0.05, 0.1) is 12.0 Å². The van der Waals surface area contributed by atoms with E-state index in [1.807, 2.05) is 31.2 Å². The normalized spacial score (nSPS) is 15.8. The minimum Gasteiger partial charge on any atom is -0.496 e. The van der Waals surface area contributed by atoms with Crippen molar-refractivity contribution in [3.8, 4) is 5.75 Å². The number of nitrogens with zero attached hydrogens (tertiary/aromatic N) is 2. The first kappa shape index (κ1) is 17.0. The summed E-state index contributed by atoms with van der Waals surface area (Å²) >= 11 is 0. The molecule has 0 fully saturated rings. The van der Waals surface area contributed by atoms with Crippen LogP contribution in [0.5, 0.6) is 5.75 Å². The third kappa shape index (κ3) is 3.33. The standard InChI is InChI=1S/C19H20N2O4/c1-13-11-15-12-16(21(23)24)8-9-17(15)20(13)19(22)10-7-14-5-3-4-6-18(14)25-2/h3-6,8-9,12-13H,7,10-11H2,1-2H3/t13-/m1/s1. The monoisotopic (exact) mass is 340 g/mol. The van der Waals surface area contributed by atoms with Crippen LogP contribution < -0.4 is 9.64 Å². The van der Waals surface area contributed by atoms with E-state index in [-0.39, 0.29) is 17.6 Å². The van der Waals surface area contributed by atoms with E-state index < -0.39 is 4.92 Å². The molecular formula is C19H20N2O4. The Balaban J connectivity index is 1.76. The second kappa shape index (κ2) is 6.93. The van der Waals surface area contributed by atoms with Gasteiger partial charge in [-0.05, 0) is 43.0 Å². The lowest BCUT2D eigenvalue weighted by Crippen LogP contribution is -2.35. The van der Waals surface area contributed by atoms with Crippen LogP contribution in [-0.4, -0.2) is 24.0 Å². The second-order valence-corrected chi connectivity index (χ2v) is 6.20. The molecule has 3 rings (SSSR count). The highest BCUT2D eigenvalue weighted by molar-refractivity contribution is 5.96. The molecule has 0 unspecified atom stereocenters. The van der Waals surface area contributed by atoms with E-state index in [0.717, 1.165) is 22.6 Å². The Kier molecular flexibility index (Phi) is 4.70. The molecule has 0 aliphatic carbocycles. The minimum atomic E-state index is -0.406. The third-order valence-corrected chi connectivity index (χ3v) is 4.56. The molecule has 0 saturated heterocycles. The van der Waals surface area contributed by atoms with Crippen LogP contribution >= 0.6 is 0 Å². The maximum atomic E-state index is 12.8. The molecule has 1 amide bonds. The maximum Gasteiger partial charge on any atom is 0.269 e. The van der Waals surface area contributed by atoms with E-state index in [4.69, 9.17) is 4.74 Å². The van der Waals surface area contributed by atoms with E-state index >= 15 is 0 Å². The summed E-state index contributed by atoms with van der Waals surface area (Å²) in [5.41, 5.74) is 2.69. The molecule has 0 bridgehead atoms. The van der Waals surface area contributed by atoms with Gasteiger partial charge < -0.3 is 9.64 Å². The molecule has 25 heavy (non-hydrogen) atoms. The second-order valence-electron chi connectivity index (χ2n) is 6.20. The van der Waals surface area contributed by atoms with Gasteiger partial charge in [0.25, 0.3) is 5.69 Å². The van der Waals surface area contributed by atoms with Crippen molar-refractivity contribution in [1.82, 2.24) is 0 Å². The van der Waals surface area contributed by atoms with Gasteiger partial charge in [0.1, 0.15) is 5.75 Å². The average Bonchev–Trinajstić information content (AvgIpc) is 2.94. The topological polar surface area (TPSA) is 72.7 Å². The van der Waals surface area contributed by atoms with E-state index in [1.54, 1.807) is 24.1 Å². The van der Waals surface area contributed by atoms with Gasteiger partial charge in [-0.25, -0.2) is 0 Å². The number of amides is 1. The summed E-state index contributed by atoms with van der Waals surface area (Å²) in [6, 6.07) is 12.4. The Morgan fingerprint density at radius 3 is 2.80 bits per heavy atom. The number of para-hydroxylation sites is 1. The summed E-state index contributed by atoms with van der Waals surface area (Å²) in [5.74, 6) is 0.798. The van der Waals surface area contributed by atoms with Crippen LogP contribution in [0.25, 0.3) is 0 Å². The van der Waals surface area contributed by atoms with Crippen molar-refractivity contribution in [3.05, 3.63) is 63.7 Å². The number of anilines is 1. The number of nitro groups is 1. The highest BCUT2D eigenvalue weighted by atomic mass is 16.6. The number of ether oxygens (including phenoxy) is 1. The summed E-state index contributed by atoms with van der Waals surface area (Å²) in [4.78, 5) is 25.0. The Hall–Kier alpha value is -2.89. The molecular weight excluding hydrogens is 320 g/mol. The van der Waals surface area contributed by atoms with E-state index in [2.05, 4.69) is 0 Å². The predicted octanol–water partition coefficient (Wildman–Crippen LogP) is 3.51. The fourth-order valence-electron chi connectivity index (χ4n) is 3.38. The van der Waals surface area contributed by atoms with Gasteiger partial charge in [0, 0.05) is 30.3 Å². The Morgan fingerprint density at radius 2 is 2.08 bits per heavy atom. The van der Waals surface area contributed by atoms with Gasteiger partial charge in [0.2, 0.25) is 5.91 Å². The molecule has 1 atom stereocenters. The van der Waals surface area contributed by atoms with Crippen LogP contribution in [-0.2, 0) is 17.6 Å². The Bertz CT molecular complexity index is 819. The number of methoxy groups -OCH3 is 1. The maximum absolute atomic E-state index is 12.8. The van der Waals surface area contributed by atoms with Gasteiger partial charge in [-0.1, -0.05) is 18.2 Å². The Morgan fingerprint density at radius 1 is 1.32 bits per heavy atom. The number of non-ortho nitro benzene ring substituents is 1. The van der Waals surface area contributed by atoms with E-state index in [0.29, 0.717) is 19.3 Å². The zero-order chi connectivity index (χ0) is 18.0. The van der Waals surface area contributed by atoms with Crippen molar-refractivity contribution < 1.29 is 14.5 Å². The summed E-state index contributed by atoms with van der Waals surface area (Å²) in [5, 5.41) is 10.9. The average molecular weight is 340 g/mol. The first-order chi connectivity index (χ1) is 12.0. The third-order valence-electron chi connectivity index (χ3n) is 4.56. The SMILES string of the molecule is COc1ccccc1CCC(=O)N1c2ccc([N+](=O)[O-])cc2C[C@H]1C. The summed E-state index contributed by atoms with van der Waals surface area (Å²) in [7, 11) is 1.62. The Labute approximate surface area is 146 Å². The van der Waals surface area contributed by atoms with Gasteiger partial charge in [-0.15, -0.1) is 0 Å². The number of hydrogen-bond donors (Lipinski definition) is 0. The fraction of sp³-hybridized carbons (Fsp3) is 0.316. The number of hydrogen-bond acceptors (Lipinski definition) is 4. The smallest absolute Gasteiger partial charge is 0.269 e. The molecule has 2 aromatic carbocycles. The molecule has 1 aliphatic heterocycles. The predicted molar refractivity (Wildman–Crippen MR) is 95.1 cm³/mol. The number of carbonyl (C=O) groups excluding carboxylic acids is 1. The van der Waals surface area contributed by atoms with Gasteiger partial charge in [-0.2, -0.15) is 0 Å². The fourth-order valence-corrected chi connectivity index (χ4v) is 3.38. The van der Waals surface area contributed by atoms with Crippen molar-refractivity contribution in [2.45, 2.75) is 32.2 Å². The van der Waals surface area contributed by atoms with Crippen LogP contribution in [0.15, 0.2) is 42.5 Å². The van der Waals surface area contributed by atoms with Gasteiger partial charge in [-0.3, -0.25) is 14.9 Å². The van der Waals surface area contributed by atoms with Crippen molar-refractivity contribution in [1.29, 1.82) is 0 Å². The van der Waals surface area contributed by atoms with Crippen LogP contribution in [0.4, 0.5) is 11.4 Å². The zero-order valence-electron chi connectivity index (χ0n) is 14.3. The summed E-state index contributed by atoms with van der Waals surface area (Å²) < 4.78 is 5.33. The lowest BCUT2D eigenvalue weighted by atomic mass is 10.1. The molecule has 1 aliphatic rings. The number of nitro benzene ring substituents is 1. The quantitative estimate of drug-likeness (QED) is 0.617. The molecule has 0 spiro atoms. The number of rotatable bonds is 5. The van der Waals surface area contributed by atoms with E-state index in [1.165, 1.54) is 6.07 Å². The number of benzene rings is 2. The van der Waals surface area contributed by atoms with Crippen LogP contribution in [0, 0.1) is 10.1 Å². The minimum absolute atomic E-state index is 0.00201. The van der Waals surface area contributed by atoms with Gasteiger partial charge >= 0.3 is 0 Å². The molecule has 6 nitrogen and oxygen atoms in total. The summed E-state index contributed by atoms with van der Waals surface area (Å²) in [6.45, 7) is 1.97. The first-order valence-corrected chi connectivity index (χ1v) is 8.22. The van der Waals surface area contributed by atoms with Crippen molar-refractivity contribution >= 4 is 17.3 Å². The highest BCUT2D eigenvalue weighted by Crippen LogP contribution is 2.35. The van der Waals surface area contributed by atoms with Crippen LogP contribution in [0.3, 0.4) is 0 Å². The lowest BCUT2D eigenvalue weighted by Gasteiger charge is -2.23. The molecule has 6 heteroatoms. The van der Waals surface area contributed by atoms with Gasteiger partial charge in [0.15, 0.2) is 0 Å². The molecule has 0 N–H and O–H groups in total. The lowest BCUT2D eigenvalue weighted by molar-refractivity contribution is -0.384. The number of aryl methyl sites for hydroxylation is 1.